The van der Waals surface area contributed by atoms with E-state index in [4.69, 9.17) is 4.74 Å². The highest BCUT2D eigenvalue weighted by Crippen LogP contribution is 2.16. The standard InChI is InChI=1S/C10H20N2O2.ClH/c1-2-14-10(13)12-8-7-11-9-5-3-4-6-9;/h9,11H,2-8H2,1H3,(H,12,13);1H. The smallest absolute Gasteiger partial charge is 0.407 e. The molecule has 4 nitrogen and oxygen atoms in total. The molecule has 1 saturated carbocycles. The molecule has 1 fully saturated rings. The second kappa shape index (κ2) is 8.80. The molecule has 1 aliphatic carbocycles. The molecular weight excluding hydrogens is 216 g/mol. The van der Waals surface area contributed by atoms with Crippen molar-refractivity contribution in [3.8, 4) is 0 Å². The van der Waals surface area contributed by atoms with Crippen LogP contribution in [0.1, 0.15) is 32.6 Å². The first-order chi connectivity index (χ1) is 6.83. The maximum atomic E-state index is 10.9. The van der Waals surface area contributed by atoms with Crippen LogP contribution in [0, 0.1) is 0 Å². The molecule has 0 radical (unpaired) electrons. The minimum Gasteiger partial charge on any atom is -0.450 e. The number of carbonyl (C=O) groups is 1. The lowest BCUT2D eigenvalue weighted by atomic mass is 10.2. The molecule has 0 atom stereocenters. The molecule has 0 spiro atoms. The van der Waals surface area contributed by atoms with Crippen LogP contribution in [-0.4, -0.2) is 31.8 Å². The van der Waals surface area contributed by atoms with E-state index in [2.05, 4.69) is 10.6 Å². The summed E-state index contributed by atoms with van der Waals surface area (Å²) in [5.74, 6) is 0. The monoisotopic (exact) mass is 236 g/mol. The summed E-state index contributed by atoms with van der Waals surface area (Å²) in [6, 6.07) is 0.666. The molecule has 0 aromatic heterocycles. The molecule has 0 heterocycles. The molecule has 0 bridgehead atoms. The van der Waals surface area contributed by atoms with Crippen LogP contribution < -0.4 is 10.6 Å². The SMILES string of the molecule is CCOC(=O)NCCNC1CCCC1.Cl. The predicted octanol–water partition coefficient (Wildman–Crippen LogP) is 1.69. The molecule has 5 heteroatoms. The zero-order valence-corrected chi connectivity index (χ0v) is 10.1. The van der Waals surface area contributed by atoms with Crippen molar-refractivity contribution in [2.45, 2.75) is 38.6 Å². The molecule has 15 heavy (non-hydrogen) atoms. The quantitative estimate of drug-likeness (QED) is 0.715. The first-order valence-electron chi connectivity index (χ1n) is 5.47. The Bertz CT molecular complexity index is 173. The van der Waals surface area contributed by atoms with Crippen LogP contribution in [-0.2, 0) is 4.74 Å². The van der Waals surface area contributed by atoms with Gasteiger partial charge < -0.3 is 15.4 Å². The van der Waals surface area contributed by atoms with Gasteiger partial charge in [-0.1, -0.05) is 12.8 Å². The van der Waals surface area contributed by atoms with E-state index in [0.29, 0.717) is 19.2 Å². The molecule has 90 valence electrons. The van der Waals surface area contributed by atoms with Gasteiger partial charge in [0.1, 0.15) is 0 Å². The number of halogens is 1. The largest absolute Gasteiger partial charge is 0.450 e. The van der Waals surface area contributed by atoms with Crippen LogP contribution in [0.25, 0.3) is 0 Å². The lowest BCUT2D eigenvalue weighted by Crippen LogP contribution is -2.36. The highest BCUT2D eigenvalue weighted by molar-refractivity contribution is 5.85. The Balaban J connectivity index is 0.00000196. The van der Waals surface area contributed by atoms with E-state index in [-0.39, 0.29) is 18.5 Å². The van der Waals surface area contributed by atoms with Crippen LogP contribution in [0.2, 0.25) is 0 Å². The fourth-order valence-corrected chi connectivity index (χ4v) is 1.75. The molecule has 0 aromatic rings. The molecule has 1 amide bonds. The van der Waals surface area contributed by atoms with Gasteiger partial charge in [-0.3, -0.25) is 0 Å². The Morgan fingerprint density at radius 3 is 2.60 bits per heavy atom. The van der Waals surface area contributed by atoms with Crippen LogP contribution in [0.4, 0.5) is 4.79 Å². The van der Waals surface area contributed by atoms with Crippen molar-refractivity contribution in [3.63, 3.8) is 0 Å². The number of ether oxygens (including phenoxy) is 1. The van der Waals surface area contributed by atoms with Crippen LogP contribution in [0.5, 0.6) is 0 Å². The summed E-state index contributed by atoms with van der Waals surface area (Å²) < 4.78 is 4.74. The van der Waals surface area contributed by atoms with Crippen molar-refractivity contribution < 1.29 is 9.53 Å². The maximum absolute atomic E-state index is 10.9. The highest BCUT2D eigenvalue weighted by Gasteiger charge is 2.13. The van der Waals surface area contributed by atoms with Gasteiger partial charge in [0.2, 0.25) is 0 Å². The van der Waals surface area contributed by atoms with Crippen LogP contribution in [0.15, 0.2) is 0 Å². The number of hydrogen-bond acceptors (Lipinski definition) is 3. The lowest BCUT2D eigenvalue weighted by molar-refractivity contribution is 0.152. The van der Waals surface area contributed by atoms with E-state index in [1.165, 1.54) is 25.7 Å². The van der Waals surface area contributed by atoms with E-state index in [1.807, 2.05) is 0 Å². The fourth-order valence-electron chi connectivity index (χ4n) is 1.75. The van der Waals surface area contributed by atoms with E-state index in [1.54, 1.807) is 6.92 Å². The Hall–Kier alpha value is -0.480. The summed E-state index contributed by atoms with van der Waals surface area (Å²) in [6.07, 6.45) is 4.91. The summed E-state index contributed by atoms with van der Waals surface area (Å²) >= 11 is 0. The summed E-state index contributed by atoms with van der Waals surface area (Å²) in [6.45, 7) is 3.72. The van der Waals surface area contributed by atoms with Crippen LogP contribution in [0.3, 0.4) is 0 Å². The molecule has 1 aliphatic rings. The fraction of sp³-hybridized carbons (Fsp3) is 0.900. The second-order valence-corrected chi connectivity index (χ2v) is 3.58. The third-order valence-corrected chi connectivity index (χ3v) is 2.46. The van der Waals surface area contributed by atoms with Gasteiger partial charge in [-0.05, 0) is 19.8 Å². The maximum Gasteiger partial charge on any atom is 0.407 e. The van der Waals surface area contributed by atoms with E-state index < -0.39 is 0 Å². The minimum atomic E-state index is -0.319. The van der Waals surface area contributed by atoms with Gasteiger partial charge >= 0.3 is 6.09 Å². The average molecular weight is 237 g/mol. The number of alkyl carbamates (subject to hydrolysis) is 1. The Morgan fingerprint density at radius 1 is 1.33 bits per heavy atom. The van der Waals surface area contributed by atoms with Crippen molar-refractivity contribution >= 4 is 18.5 Å². The van der Waals surface area contributed by atoms with Crippen LogP contribution >= 0.6 is 12.4 Å². The molecule has 1 rings (SSSR count). The number of hydrogen-bond donors (Lipinski definition) is 2. The average Bonchev–Trinajstić information content (AvgIpc) is 2.65. The van der Waals surface area contributed by atoms with E-state index in [9.17, 15) is 4.79 Å². The van der Waals surface area contributed by atoms with Gasteiger partial charge in [0.15, 0.2) is 0 Å². The lowest BCUT2D eigenvalue weighted by Gasteiger charge is -2.11. The zero-order chi connectivity index (χ0) is 10.2. The molecule has 0 saturated heterocycles. The molecule has 0 aliphatic heterocycles. The third kappa shape index (κ3) is 6.57. The van der Waals surface area contributed by atoms with Gasteiger partial charge in [-0.25, -0.2) is 4.79 Å². The summed E-state index contributed by atoms with van der Waals surface area (Å²) in [5, 5.41) is 6.09. The minimum absolute atomic E-state index is 0. The Kier molecular flexibility index (Phi) is 8.52. The first-order valence-corrected chi connectivity index (χ1v) is 5.47. The van der Waals surface area contributed by atoms with Gasteiger partial charge in [0.25, 0.3) is 0 Å². The van der Waals surface area contributed by atoms with E-state index in [0.717, 1.165) is 6.54 Å². The molecule has 0 unspecified atom stereocenters. The van der Waals surface area contributed by atoms with Crippen molar-refractivity contribution in [1.29, 1.82) is 0 Å². The van der Waals surface area contributed by atoms with Gasteiger partial charge in [0, 0.05) is 19.1 Å². The van der Waals surface area contributed by atoms with Crippen molar-refractivity contribution in [2.75, 3.05) is 19.7 Å². The summed E-state index contributed by atoms with van der Waals surface area (Å²) in [7, 11) is 0. The number of nitrogens with one attached hydrogen (secondary N) is 2. The second-order valence-electron chi connectivity index (χ2n) is 3.58. The summed E-state index contributed by atoms with van der Waals surface area (Å²) in [4.78, 5) is 10.9. The number of rotatable bonds is 5. The third-order valence-electron chi connectivity index (χ3n) is 2.46. The van der Waals surface area contributed by atoms with Crippen molar-refractivity contribution in [3.05, 3.63) is 0 Å². The number of amides is 1. The Labute approximate surface area is 97.5 Å². The topological polar surface area (TPSA) is 50.4 Å². The first kappa shape index (κ1) is 14.5. The Morgan fingerprint density at radius 2 is 2.00 bits per heavy atom. The molecule has 0 aromatic carbocycles. The van der Waals surface area contributed by atoms with Crippen molar-refractivity contribution in [1.82, 2.24) is 10.6 Å². The number of carbonyl (C=O) groups excluding carboxylic acids is 1. The van der Waals surface area contributed by atoms with E-state index >= 15 is 0 Å². The van der Waals surface area contributed by atoms with Crippen molar-refractivity contribution in [2.24, 2.45) is 0 Å². The normalized spacial score (nSPS) is 15.8. The zero-order valence-electron chi connectivity index (χ0n) is 9.25. The summed E-state index contributed by atoms with van der Waals surface area (Å²) in [5.41, 5.74) is 0. The van der Waals surface area contributed by atoms with Gasteiger partial charge in [-0.15, -0.1) is 12.4 Å². The molecular formula is C10H21ClN2O2. The molecule has 2 N–H and O–H groups in total. The highest BCUT2D eigenvalue weighted by atomic mass is 35.5. The van der Waals surface area contributed by atoms with Gasteiger partial charge in [0.05, 0.1) is 6.61 Å². The predicted molar refractivity (Wildman–Crippen MR) is 62.5 cm³/mol. The van der Waals surface area contributed by atoms with Gasteiger partial charge in [-0.2, -0.15) is 0 Å².